The fourth-order valence-electron chi connectivity index (χ4n) is 1.57. The first-order chi connectivity index (χ1) is 8.25. The van der Waals surface area contributed by atoms with E-state index in [1.54, 1.807) is 18.2 Å². The molecule has 0 fully saturated rings. The predicted octanol–water partition coefficient (Wildman–Crippen LogP) is 2.25. The summed E-state index contributed by atoms with van der Waals surface area (Å²) in [6.07, 6.45) is 7.04. The standard InChI is InChI=1S/C14H18FNO/c1-2-3-4-7-10-16-11-14(17)12-8-5-6-9-13(12)15/h1,5-6,8-9,14,16-17H,3-4,7,10-11H2. The van der Waals surface area contributed by atoms with Gasteiger partial charge >= 0.3 is 0 Å². The first-order valence-corrected chi connectivity index (χ1v) is 5.82. The van der Waals surface area contributed by atoms with Crippen LogP contribution in [0.5, 0.6) is 0 Å². The fraction of sp³-hybridized carbons (Fsp3) is 0.429. The molecule has 0 saturated heterocycles. The molecule has 1 aromatic carbocycles. The minimum absolute atomic E-state index is 0.337. The fourth-order valence-corrected chi connectivity index (χ4v) is 1.57. The van der Waals surface area contributed by atoms with Crippen LogP contribution in [0.3, 0.4) is 0 Å². The highest BCUT2D eigenvalue weighted by molar-refractivity contribution is 5.19. The van der Waals surface area contributed by atoms with Crippen LogP contribution in [0, 0.1) is 18.2 Å². The van der Waals surface area contributed by atoms with E-state index in [-0.39, 0.29) is 5.82 Å². The summed E-state index contributed by atoms with van der Waals surface area (Å²) in [6, 6.07) is 6.28. The maximum Gasteiger partial charge on any atom is 0.129 e. The van der Waals surface area contributed by atoms with E-state index in [1.807, 2.05) is 0 Å². The molecule has 1 unspecified atom stereocenters. The molecule has 3 heteroatoms. The molecule has 1 rings (SSSR count). The molecule has 0 amide bonds. The van der Waals surface area contributed by atoms with Crippen molar-refractivity contribution in [3.8, 4) is 12.3 Å². The lowest BCUT2D eigenvalue weighted by Crippen LogP contribution is -2.23. The highest BCUT2D eigenvalue weighted by atomic mass is 19.1. The van der Waals surface area contributed by atoms with E-state index in [2.05, 4.69) is 11.2 Å². The molecule has 0 heterocycles. The van der Waals surface area contributed by atoms with Crippen molar-refractivity contribution in [3.63, 3.8) is 0 Å². The second-order valence-corrected chi connectivity index (χ2v) is 3.90. The Labute approximate surface area is 102 Å². The summed E-state index contributed by atoms with van der Waals surface area (Å²) in [5, 5.41) is 12.9. The lowest BCUT2D eigenvalue weighted by atomic mass is 10.1. The maximum absolute atomic E-state index is 13.3. The number of halogens is 1. The van der Waals surface area contributed by atoms with Gasteiger partial charge in [0, 0.05) is 18.5 Å². The van der Waals surface area contributed by atoms with Crippen LogP contribution in [0.15, 0.2) is 24.3 Å². The molecule has 1 atom stereocenters. The minimum atomic E-state index is -0.802. The molecule has 2 N–H and O–H groups in total. The number of terminal acetylenes is 1. The van der Waals surface area contributed by atoms with Crippen LogP contribution >= 0.6 is 0 Å². The quantitative estimate of drug-likeness (QED) is 0.561. The van der Waals surface area contributed by atoms with Gasteiger partial charge in [-0.25, -0.2) is 4.39 Å². The van der Waals surface area contributed by atoms with Gasteiger partial charge in [0.1, 0.15) is 5.82 Å². The van der Waals surface area contributed by atoms with E-state index in [9.17, 15) is 9.50 Å². The van der Waals surface area contributed by atoms with Crippen LogP contribution in [0.25, 0.3) is 0 Å². The molecule has 1 aromatic rings. The van der Waals surface area contributed by atoms with Gasteiger partial charge in [0.25, 0.3) is 0 Å². The van der Waals surface area contributed by atoms with Crippen molar-refractivity contribution in [3.05, 3.63) is 35.6 Å². The number of benzene rings is 1. The number of nitrogens with one attached hydrogen (secondary N) is 1. The van der Waals surface area contributed by atoms with E-state index in [0.29, 0.717) is 12.1 Å². The van der Waals surface area contributed by atoms with E-state index in [1.165, 1.54) is 6.07 Å². The Bertz CT molecular complexity index is 373. The van der Waals surface area contributed by atoms with Crippen LogP contribution in [0.2, 0.25) is 0 Å². The van der Waals surface area contributed by atoms with E-state index in [4.69, 9.17) is 6.42 Å². The van der Waals surface area contributed by atoms with Crippen molar-refractivity contribution in [2.45, 2.75) is 25.4 Å². The monoisotopic (exact) mass is 235 g/mol. The number of hydrogen-bond donors (Lipinski definition) is 2. The number of hydrogen-bond acceptors (Lipinski definition) is 2. The SMILES string of the molecule is C#CCCCCNCC(O)c1ccccc1F. The Morgan fingerprint density at radius 3 is 2.82 bits per heavy atom. The summed E-state index contributed by atoms with van der Waals surface area (Å²) in [4.78, 5) is 0. The van der Waals surface area contributed by atoms with Crippen molar-refractivity contribution in [1.82, 2.24) is 5.32 Å². The summed E-state index contributed by atoms with van der Waals surface area (Å²) < 4.78 is 13.3. The molecule has 0 aliphatic carbocycles. The molecule has 17 heavy (non-hydrogen) atoms. The van der Waals surface area contributed by atoms with Crippen molar-refractivity contribution in [1.29, 1.82) is 0 Å². The normalized spacial score (nSPS) is 12.1. The van der Waals surface area contributed by atoms with Gasteiger partial charge in [-0.05, 0) is 25.5 Å². The van der Waals surface area contributed by atoms with Crippen molar-refractivity contribution in [2.24, 2.45) is 0 Å². The molecule has 2 nitrogen and oxygen atoms in total. The average Bonchev–Trinajstić information content (AvgIpc) is 2.34. The molecule has 0 spiro atoms. The summed E-state index contributed by atoms with van der Waals surface area (Å²) in [6.45, 7) is 1.14. The van der Waals surface area contributed by atoms with Gasteiger partial charge in [-0.3, -0.25) is 0 Å². The zero-order valence-corrected chi connectivity index (χ0v) is 9.82. The van der Waals surface area contributed by atoms with Crippen LogP contribution < -0.4 is 5.32 Å². The Morgan fingerprint density at radius 1 is 1.35 bits per heavy atom. The third-order valence-electron chi connectivity index (χ3n) is 2.53. The minimum Gasteiger partial charge on any atom is -0.387 e. The molecule has 0 aliphatic rings. The third-order valence-corrected chi connectivity index (χ3v) is 2.53. The van der Waals surface area contributed by atoms with Crippen LogP contribution in [0.1, 0.15) is 30.9 Å². The molecule has 0 aliphatic heterocycles. The highest BCUT2D eigenvalue weighted by Gasteiger charge is 2.10. The van der Waals surface area contributed by atoms with Gasteiger partial charge in [-0.2, -0.15) is 0 Å². The molecule has 0 aromatic heterocycles. The second-order valence-electron chi connectivity index (χ2n) is 3.90. The number of rotatable bonds is 7. The van der Waals surface area contributed by atoms with Gasteiger partial charge in [-0.1, -0.05) is 18.2 Å². The number of unbranched alkanes of at least 4 members (excludes halogenated alkanes) is 2. The Balaban J connectivity index is 2.24. The Kier molecular flexibility index (Phi) is 6.31. The predicted molar refractivity (Wildman–Crippen MR) is 66.9 cm³/mol. The van der Waals surface area contributed by atoms with Crippen molar-refractivity contribution in [2.75, 3.05) is 13.1 Å². The molecular weight excluding hydrogens is 217 g/mol. The van der Waals surface area contributed by atoms with Gasteiger partial charge in [0.2, 0.25) is 0 Å². The van der Waals surface area contributed by atoms with Crippen LogP contribution in [-0.2, 0) is 0 Å². The summed E-state index contributed by atoms with van der Waals surface area (Å²) >= 11 is 0. The topological polar surface area (TPSA) is 32.3 Å². The van der Waals surface area contributed by atoms with E-state index >= 15 is 0 Å². The average molecular weight is 235 g/mol. The summed E-state index contributed by atoms with van der Waals surface area (Å²) in [5.41, 5.74) is 0.337. The summed E-state index contributed by atoms with van der Waals surface area (Å²) in [5.74, 6) is 2.21. The third kappa shape index (κ3) is 4.99. The lowest BCUT2D eigenvalue weighted by molar-refractivity contribution is 0.170. The van der Waals surface area contributed by atoms with Gasteiger partial charge in [-0.15, -0.1) is 12.3 Å². The van der Waals surface area contributed by atoms with Gasteiger partial charge < -0.3 is 10.4 Å². The first-order valence-electron chi connectivity index (χ1n) is 5.82. The molecule has 0 saturated carbocycles. The van der Waals surface area contributed by atoms with E-state index in [0.717, 1.165) is 25.8 Å². The molecular formula is C14H18FNO. The zero-order valence-electron chi connectivity index (χ0n) is 9.82. The molecule has 92 valence electrons. The lowest BCUT2D eigenvalue weighted by Gasteiger charge is -2.12. The van der Waals surface area contributed by atoms with Crippen LogP contribution in [0.4, 0.5) is 4.39 Å². The smallest absolute Gasteiger partial charge is 0.129 e. The summed E-state index contributed by atoms with van der Waals surface area (Å²) in [7, 11) is 0. The van der Waals surface area contributed by atoms with Crippen LogP contribution in [-0.4, -0.2) is 18.2 Å². The maximum atomic E-state index is 13.3. The van der Waals surface area contributed by atoms with E-state index < -0.39 is 6.10 Å². The largest absolute Gasteiger partial charge is 0.387 e. The zero-order chi connectivity index (χ0) is 12.5. The van der Waals surface area contributed by atoms with Gasteiger partial charge in [0.15, 0.2) is 0 Å². The Hall–Kier alpha value is -1.37. The second kappa shape index (κ2) is 7.83. The Morgan fingerprint density at radius 2 is 2.12 bits per heavy atom. The number of aliphatic hydroxyl groups is 1. The van der Waals surface area contributed by atoms with Gasteiger partial charge in [0.05, 0.1) is 6.10 Å². The number of aliphatic hydroxyl groups excluding tert-OH is 1. The van der Waals surface area contributed by atoms with Crippen molar-refractivity contribution < 1.29 is 9.50 Å². The molecule has 0 radical (unpaired) electrons. The first kappa shape index (κ1) is 13.7. The van der Waals surface area contributed by atoms with Crippen molar-refractivity contribution >= 4 is 0 Å². The highest BCUT2D eigenvalue weighted by Crippen LogP contribution is 2.15. The molecule has 0 bridgehead atoms.